The molecule has 2 heteroatoms. The van der Waals surface area contributed by atoms with Gasteiger partial charge >= 0.3 is 0 Å². The molecular weight excluding hydrogens is 196 g/mol. The average molecular weight is 224 g/mol. The Morgan fingerprint density at radius 3 is 2.50 bits per heavy atom. The summed E-state index contributed by atoms with van der Waals surface area (Å²) in [7, 11) is 0. The molecule has 2 aliphatic heterocycles. The van der Waals surface area contributed by atoms with Gasteiger partial charge in [0.1, 0.15) is 0 Å². The fourth-order valence-electron chi connectivity index (χ4n) is 3.23. The van der Waals surface area contributed by atoms with E-state index in [1.807, 2.05) is 0 Å². The van der Waals surface area contributed by atoms with Gasteiger partial charge in [0.2, 0.25) is 0 Å². The Balaban J connectivity index is 1.88. The fourth-order valence-corrected chi connectivity index (χ4v) is 3.23. The number of nitrogens with one attached hydrogen (secondary N) is 1. The van der Waals surface area contributed by atoms with E-state index in [1.54, 1.807) is 0 Å². The van der Waals surface area contributed by atoms with Crippen molar-refractivity contribution in [2.24, 2.45) is 17.3 Å². The van der Waals surface area contributed by atoms with Gasteiger partial charge in [-0.3, -0.25) is 4.90 Å². The molecule has 2 aliphatic rings. The lowest BCUT2D eigenvalue weighted by Crippen LogP contribution is -2.48. The van der Waals surface area contributed by atoms with Gasteiger partial charge in [0.05, 0.1) is 0 Å². The summed E-state index contributed by atoms with van der Waals surface area (Å²) in [6.07, 6.45) is 2.79. The van der Waals surface area contributed by atoms with Crippen molar-refractivity contribution >= 4 is 0 Å². The molecule has 2 saturated heterocycles. The highest BCUT2D eigenvalue weighted by Crippen LogP contribution is 2.35. The lowest BCUT2D eigenvalue weighted by atomic mass is 9.80. The number of rotatable bonds is 1. The van der Waals surface area contributed by atoms with E-state index in [1.165, 1.54) is 39.0 Å². The van der Waals surface area contributed by atoms with Gasteiger partial charge in [0.25, 0.3) is 0 Å². The van der Waals surface area contributed by atoms with Crippen LogP contribution in [0.5, 0.6) is 0 Å². The number of piperidine rings is 1. The predicted molar refractivity (Wildman–Crippen MR) is 69.6 cm³/mol. The number of nitrogens with zero attached hydrogens (tertiary/aromatic N) is 1. The van der Waals surface area contributed by atoms with Crippen LogP contribution >= 0.6 is 0 Å². The Labute approximate surface area is 101 Å². The maximum atomic E-state index is 3.57. The van der Waals surface area contributed by atoms with Crippen LogP contribution < -0.4 is 5.32 Å². The predicted octanol–water partition coefficient (Wildman–Crippen LogP) is 2.35. The minimum atomic E-state index is 0.489. The Kier molecular flexibility index (Phi) is 3.60. The van der Waals surface area contributed by atoms with Crippen molar-refractivity contribution in [3.8, 4) is 0 Å². The SMILES string of the molecule is CC1CNCC(N2CCC(C(C)(C)C)C2)C1. The highest BCUT2D eigenvalue weighted by atomic mass is 15.2. The van der Waals surface area contributed by atoms with Crippen LogP contribution in [0, 0.1) is 17.3 Å². The Morgan fingerprint density at radius 1 is 1.19 bits per heavy atom. The molecule has 0 aromatic carbocycles. The van der Waals surface area contributed by atoms with Crippen molar-refractivity contribution in [1.29, 1.82) is 0 Å². The van der Waals surface area contributed by atoms with E-state index >= 15 is 0 Å². The van der Waals surface area contributed by atoms with Gasteiger partial charge in [0, 0.05) is 19.1 Å². The molecule has 2 nitrogen and oxygen atoms in total. The number of hydrogen-bond donors (Lipinski definition) is 1. The van der Waals surface area contributed by atoms with Crippen LogP contribution in [-0.2, 0) is 0 Å². The molecule has 0 aromatic rings. The van der Waals surface area contributed by atoms with E-state index in [9.17, 15) is 0 Å². The summed E-state index contributed by atoms with van der Waals surface area (Å²) >= 11 is 0. The molecule has 2 heterocycles. The maximum Gasteiger partial charge on any atom is 0.0223 e. The molecule has 0 saturated carbocycles. The molecule has 2 rings (SSSR count). The smallest absolute Gasteiger partial charge is 0.0223 e. The molecule has 3 atom stereocenters. The molecule has 2 fully saturated rings. The van der Waals surface area contributed by atoms with E-state index in [0.29, 0.717) is 5.41 Å². The molecule has 0 spiro atoms. The maximum absolute atomic E-state index is 3.57. The molecule has 0 aromatic heterocycles. The summed E-state index contributed by atoms with van der Waals surface area (Å²) in [4.78, 5) is 2.73. The third kappa shape index (κ3) is 2.78. The van der Waals surface area contributed by atoms with E-state index in [0.717, 1.165) is 17.9 Å². The summed E-state index contributed by atoms with van der Waals surface area (Å²) in [5.74, 6) is 1.75. The van der Waals surface area contributed by atoms with Gasteiger partial charge in [-0.15, -0.1) is 0 Å². The van der Waals surface area contributed by atoms with Gasteiger partial charge < -0.3 is 5.32 Å². The molecule has 0 amide bonds. The van der Waals surface area contributed by atoms with Crippen molar-refractivity contribution in [1.82, 2.24) is 10.2 Å². The van der Waals surface area contributed by atoms with Gasteiger partial charge in [-0.05, 0) is 43.2 Å². The average Bonchev–Trinajstić information content (AvgIpc) is 2.65. The standard InChI is InChI=1S/C14H28N2/c1-11-7-13(9-15-8-11)16-6-5-12(10-16)14(2,3)4/h11-13,15H,5-10H2,1-4H3. The molecule has 0 bridgehead atoms. The third-order valence-electron chi connectivity index (χ3n) is 4.51. The second kappa shape index (κ2) is 4.66. The first-order valence-corrected chi connectivity index (χ1v) is 6.91. The molecule has 0 radical (unpaired) electrons. The fraction of sp³-hybridized carbons (Fsp3) is 1.00. The molecule has 1 N–H and O–H groups in total. The first-order chi connectivity index (χ1) is 7.47. The van der Waals surface area contributed by atoms with Gasteiger partial charge in [-0.25, -0.2) is 0 Å². The van der Waals surface area contributed by atoms with E-state index in [-0.39, 0.29) is 0 Å². The zero-order valence-corrected chi connectivity index (χ0v) is 11.4. The normalized spacial score (nSPS) is 37.9. The topological polar surface area (TPSA) is 15.3 Å². The highest BCUT2D eigenvalue weighted by molar-refractivity contribution is 4.90. The van der Waals surface area contributed by atoms with Crippen molar-refractivity contribution in [2.45, 2.75) is 46.6 Å². The van der Waals surface area contributed by atoms with E-state index < -0.39 is 0 Å². The quantitative estimate of drug-likeness (QED) is 0.735. The van der Waals surface area contributed by atoms with Crippen LogP contribution in [0.3, 0.4) is 0 Å². The first kappa shape index (κ1) is 12.4. The molecule has 3 unspecified atom stereocenters. The molecule has 0 aliphatic carbocycles. The van der Waals surface area contributed by atoms with Crippen LogP contribution in [0.25, 0.3) is 0 Å². The van der Waals surface area contributed by atoms with Gasteiger partial charge in [-0.2, -0.15) is 0 Å². The minimum Gasteiger partial charge on any atom is -0.315 e. The van der Waals surface area contributed by atoms with Gasteiger partial charge in [-0.1, -0.05) is 27.7 Å². The lowest BCUT2D eigenvalue weighted by Gasteiger charge is -2.35. The Hall–Kier alpha value is -0.0800. The van der Waals surface area contributed by atoms with Crippen LogP contribution in [0.1, 0.15) is 40.5 Å². The minimum absolute atomic E-state index is 0.489. The summed E-state index contributed by atoms with van der Waals surface area (Å²) in [5, 5.41) is 3.57. The summed E-state index contributed by atoms with van der Waals surface area (Å²) < 4.78 is 0. The molecule has 16 heavy (non-hydrogen) atoms. The van der Waals surface area contributed by atoms with Crippen molar-refractivity contribution in [3.63, 3.8) is 0 Å². The molecular formula is C14H28N2. The van der Waals surface area contributed by atoms with E-state index in [4.69, 9.17) is 0 Å². The number of hydrogen-bond acceptors (Lipinski definition) is 2. The number of likely N-dealkylation sites (tertiary alicyclic amines) is 1. The Morgan fingerprint density at radius 2 is 1.94 bits per heavy atom. The van der Waals surface area contributed by atoms with Crippen molar-refractivity contribution in [3.05, 3.63) is 0 Å². The van der Waals surface area contributed by atoms with Crippen molar-refractivity contribution < 1.29 is 0 Å². The lowest BCUT2D eigenvalue weighted by molar-refractivity contribution is 0.154. The summed E-state index contributed by atoms with van der Waals surface area (Å²) in [6, 6.07) is 0.802. The van der Waals surface area contributed by atoms with Crippen molar-refractivity contribution in [2.75, 3.05) is 26.2 Å². The Bertz CT molecular complexity index is 231. The monoisotopic (exact) mass is 224 g/mol. The van der Waals surface area contributed by atoms with Gasteiger partial charge in [0.15, 0.2) is 0 Å². The zero-order valence-electron chi connectivity index (χ0n) is 11.4. The second-order valence-corrected chi connectivity index (χ2v) is 7.00. The first-order valence-electron chi connectivity index (χ1n) is 6.91. The van der Waals surface area contributed by atoms with Crippen LogP contribution in [0.2, 0.25) is 0 Å². The van der Waals surface area contributed by atoms with Crippen LogP contribution in [0.4, 0.5) is 0 Å². The van der Waals surface area contributed by atoms with E-state index in [2.05, 4.69) is 37.9 Å². The highest BCUT2D eigenvalue weighted by Gasteiger charge is 2.35. The largest absolute Gasteiger partial charge is 0.315 e. The van der Waals surface area contributed by atoms with Crippen LogP contribution in [-0.4, -0.2) is 37.1 Å². The molecule has 94 valence electrons. The summed E-state index contributed by atoms with van der Waals surface area (Å²) in [6.45, 7) is 14.6. The van der Waals surface area contributed by atoms with Crippen LogP contribution in [0.15, 0.2) is 0 Å². The second-order valence-electron chi connectivity index (χ2n) is 7.00. The zero-order chi connectivity index (χ0) is 11.8. The third-order valence-corrected chi connectivity index (χ3v) is 4.51. The summed E-state index contributed by atoms with van der Waals surface area (Å²) in [5.41, 5.74) is 0.489.